The average Bonchev–Trinajstić information content (AvgIpc) is 2.50. The van der Waals surface area contributed by atoms with Gasteiger partial charge >= 0.3 is 0 Å². The summed E-state index contributed by atoms with van der Waals surface area (Å²) in [4.78, 5) is 9.53. The lowest BCUT2D eigenvalue weighted by molar-refractivity contribution is 0.337. The molecule has 1 fully saturated rings. The van der Waals surface area contributed by atoms with E-state index in [0.717, 1.165) is 24.2 Å². The molecule has 0 N–H and O–H groups in total. The molecule has 1 aliphatic heterocycles. The fraction of sp³-hybridized carbons (Fsp3) is 0.643. The third kappa shape index (κ3) is 3.04. The van der Waals surface area contributed by atoms with Gasteiger partial charge in [0.1, 0.15) is 5.82 Å². The molecular formula is C14H22BrN3. The number of halogens is 1. The van der Waals surface area contributed by atoms with E-state index in [9.17, 15) is 0 Å². The molecule has 1 aliphatic rings. The van der Waals surface area contributed by atoms with Gasteiger partial charge < -0.3 is 9.80 Å². The van der Waals surface area contributed by atoms with E-state index in [1.54, 1.807) is 0 Å². The molecule has 1 aromatic heterocycles. The highest BCUT2D eigenvalue weighted by atomic mass is 79.9. The maximum atomic E-state index is 4.67. The zero-order chi connectivity index (χ0) is 13.1. The Labute approximate surface area is 118 Å². The summed E-state index contributed by atoms with van der Waals surface area (Å²) >= 11 is 3.48. The quantitative estimate of drug-likeness (QED) is 0.783. The predicted octanol–water partition coefficient (Wildman–Crippen LogP) is 2.82. The first-order valence-corrected chi connectivity index (χ1v) is 7.70. The van der Waals surface area contributed by atoms with Crippen molar-refractivity contribution in [2.75, 3.05) is 31.6 Å². The van der Waals surface area contributed by atoms with Gasteiger partial charge in [-0.15, -0.1) is 0 Å². The Morgan fingerprint density at radius 3 is 2.89 bits per heavy atom. The third-order valence-electron chi connectivity index (χ3n) is 3.58. The number of rotatable bonds is 2. The van der Waals surface area contributed by atoms with E-state index in [-0.39, 0.29) is 0 Å². The monoisotopic (exact) mass is 311 g/mol. The van der Waals surface area contributed by atoms with Crippen LogP contribution in [-0.2, 0) is 5.33 Å². The van der Waals surface area contributed by atoms with Crippen molar-refractivity contribution in [2.24, 2.45) is 0 Å². The smallest absolute Gasteiger partial charge is 0.131 e. The van der Waals surface area contributed by atoms with Crippen LogP contribution in [0.5, 0.6) is 0 Å². The molecule has 1 atom stereocenters. The molecule has 1 aromatic rings. The Morgan fingerprint density at radius 1 is 1.44 bits per heavy atom. The van der Waals surface area contributed by atoms with Crippen molar-refractivity contribution in [3.63, 3.8) is 0 Å². The van der Waals surface area contributed by atoms with E-state index < -0.39 is 0 Å². The molecule has 0 spiro atoms. The van der Waals surface area contributed by atoms with Crippen LogP contribution in [0, 0.1) is 6.92 Å². The highest BCUT2D eigenvalue weighted by molar-refractivity contribution is 9.08. The van der Waals surface area contributed by atoms with Crippen LogP contribution in [0.3, 0.4) is 0 Å². The minimum Gasteiger partial charge on any atom is -0.352 e. The van der Waals surface area contributed by atoms with Crippen LogP contribution in [0.15, 0.2) is 12.3 Å². The van der Waals surface area contributed by atoms with Gasteiger partial charge in [-0.2, -0.15) is 0 Å². The second kappa shape index (κ2) is 6.02. The second-order valence-corrected chi connectivity index (χ2v) is 5.84. The fourth-order valence-electron chi connectivity index (χ4n) is 2.69. The van der Waals surface area contributed by atoms with Crippen molar-refractivity contribution in [2.45, 2.75) is 31.6 Å². The van der Waals surface area contributed by atoms with Crippen LogP contribution in [0.25, 0.3) is 0 Å². The molecule has 3 nitrogen and oxygen atoms in total. The largest absolute Gasteiger partial charge is 0.352 e. The van der Waals surface area contributed by atoms with Crippen molar-refractivity contribution in [1.29, 1.82) is 0 Å². The number of nitrogens with zero attached hydrogens (tertiary/aromatic N) is 3. The minimum atomic E-state index is 0.526. The molecular weight excluding hydrogens is 290 g/mol. The van der Waals surface area contributed by atoms with Gasteiger partial charge in [0.25, 0.3) is 0 Å². The van der Waals surface area contributed by atoms with Crippen molar-refractivity contribution in [3.8, 4) is 0 Å². The Bertz CT molecular complexity index is 408. The molecule has 0 bridgehead atoms. The lowest BCUT2D eigenvalue weighted by Gasteiger charge is -2.30. The first kappa shape index (κ1) is 13.8. The Hall–Kier alpha value is -0.610. The Balaban J connectivity index is 2.24. The molecule has 0 aliphatic carbocycles. The summed E-state index contributed by atoms with van der Waals surface area (Å²) in [5.74, 6) is 1.16. The van der Waals surface area contributed by atoms with Crippen LogP contribution in [0.1, 0.15) is 24.5 Å². The molecule has 18 heavy (non-hydrogen) atoms. The molecule has 1 unspecified atom stereocenters. The molecule has 0 saturated carbocycles. The Morgan fingerprint density at radius 2 is 2.22 bits per heavy atom. The Kier molecular flexibility index (Phi) is 4.62. The molecule has 1 saturated heterocycles. The van der Waals surface area contributed by atoms with Crippen LogP contribution >= 0.6 is 15.9 Å². The van der Waals surface area contributed by atoms with E-state index in [1.165, 1.54) is 24.1 Å². The van der Waals surface area contributed by atoms with Gasteiger partial charge in [-0.1, -0.05) is 22.0 Å². The molecule has 0 aromatic carbocycles. The number of anilines is 1. The van der Waals surface area contributed by atoms with Crippen molar-refractivity contribution >= 4 is 21.7 Å². The summed E-state index contributed by atoms with van der Waals surface area (Å²) in [6.07, 6.45) is 3.20. The second-order valence-electron chi connectivity index (χ2n) is 5.28. The summed E-state index contributed by atoms with van der Waals surface area (Å²) in [6.45, 7) is 7.85. The first-order chi connectivity index (χ1) is 8.61. The lowest BCUT2D eigenvalue weighted by Crippen LogP contribution is -2.38. The van der Waals surface area contributed by atoms with E-state index in [2.05, 4.69) is 57.7 Å². The number of alkyl halides is 1. The minimum absolute atomic E-state index is 0.526. The van der Waals surface area contributed by atoms with E-state index in [0.29, 0.717) is 6.04 Å². The summed E-state index contributed by atoms with van der Waals surface area (Å²) in [5, 5.41) is 0.874. The lowest BCUT2D eigenvalue weighted by atomic mass is 10.2. The number of hydrogen-bond donors (Lipinski definition) is 0. The van der Waals surface area contributed by atoms with Gasteiger partial charge in [0, 0.05) is 30.7 Å². The SMILES string of the molecule is Cc1cc(CBr)cnc1N1CCCN(C)CC1C. The summed E-state index contributed by atoms with van der Waals surface area (Å²) < 4.78 is 0. The number of aromatic nitrogens is 1. The summed E-state index contributed by atoms with van der Waals surface area (Å²) in [5.41, 5.74) is 2.53. The number of likely N-dealkylation sites (N-methyl/N-ethyl adjacent to an activating group) is 1. The van der Waals surface area contributed by atoms with Gasteiger partial charge in [-0.25, -0.2) is 4.98 Å². The molecule has 100 valence electrons. The third-order valence-corrected chi connectivity index (χ3v) is 4.23. The van der Waals surface area contributed by atoms with Crippen LogP contribution in [0.4, 0.5) is 5.82 Å². The topological polar surface area (TPSA) is 19.4 Å². The first-order valence-electron chi connectivity index (χ1n) is 6.58. The van der Waals surface area contributed by atoms with Crippen LogP contribution in [-0.4, -0.2) is 42.6 Å². The van der Waals surface area contributed by atoms with Crippen LogP contribution in [0.2, 0.25) is 0 Å². The van der Waals surface area contributed by atoms with E-state index in [4.69, 9.17) is 0 Å². The normalized spacial score (nSPS) is 22.0. The zero-order valence-corrected chi connectivity index (χ0v) is 13.1. The van der Waals surface area contributed by atoms with Crippen LogP contribution < -0.4 is 4.90 Å². The summed E-state index contributed by atoms with van der Waals surface area (Å²) in [6, 6.07) is 2.76. The number of aryl methyl sites for hydroxylation is 1. The van der Waals surface area contributed by atoms with Gasteiger partial charge in [-0.3, -0.25) is 0 Å². The maximum absolute atomic E-state index is 4.67. The molecule has 0 radical (unpaired) electrons. The van der Waals surface area contributed by atoms with Crippen molar-refractivity contribution < 1.29 is 0 Å². The molecule has 2 rings (SSSR count). The molecule has 0 amide bonds. The van der Waals surface area contributed by atoms with E-state index in [1.807, 2.05) is 6.20 Å². The fourth-order valence-corrected chi connectivity index (χ4v) is 2.99. The van der Waals surface area contributed by atoms with E-state index >= 15 is 0 Å². The maximum Gasteiger partial charge on any atom is 0.131 e. The predicted molar refractivity (Wildman–Crippen MR) is 80.5 cm³/mol. The molecule has 2 heterocycles. The number of pyridine rings is 1. The van der Waals surface area contributed by atoms with Gasteiger partial charge in [0.05, 0.1) is 0 Å². The zero-order valence-electron chi connectivity index (χ0n) is 11.5. The molecule has 4 heteroatoms. The summed E-state index contributed by atoms with van der Waals surface area (Å²) in [7, 11) is 2.20. The highest BCUT2D eigenvalue weighted by Crippen LogP contribution is 2.23. The van der Waals surface area contributed by atoms with Crippen molar-refractivity contribution in [1.82, 2.24) is 9.88 Å². The standard InChI is InChI=1S/C14H22BrN3/c1-11-7-13(8-15)9-16-14(11)18-6-4-5-17(3)10-12(18)2/h7,9,12H,4-6,8,10H2,1-3H3. The van der Waals surface area contributed by atoms with Gasteiger partial charge in [0.15, 0.2) is 0 Å². The van der Waals surface area contributed by atoms with Gasteiger partial charge in [-0.05, 0) is 45.0 Å². The highest BCUT2D eigenvalue weighted by Gasteiger charge is 2.21. The van der Waals surface area contributed by atoms with Crippen molar-refractivity contribution in [3.05, 3.63) is 23.4 Å². The average molecular weight is 312 g/mol. The number of hydrogen-bond acceptors (Lipinski definition) is 3. The van der Waals surface area contributed by atoms with Gasteiger partial charge in [0.2, 0.25) is 0 Å².